The third-order valence-electron chi connectivity index (χ3n) is 3.97. The molecule has 1 aliphatic rings. The van der Waals surface area contributed by atoms with E-state index in [0.717, 1.165) is 5.56 Å². The number of β-amino-alcohol motifs (C(OH)–C–C–N with tert-alkyl or cyclic N) is 1. The lowest BCUT2D eigenvalue weighted by Crippen LogP contribution is -2.44. The maximum Gasteiger partial charge on any atom is 0.227 e. The lowest BCUT2D eigenvalue weighted by molar-refractivity contribution is -0.132. The molecule has 0 aliphatic carbocycles. The molecule has 0 spiro atoms. The smallest absolute Gasteiger partial charge is 0.227 e. The van der Waals surface area contributed by atoms with Crippen LogP contribution >= 0.6 is 0 Å². The second-order valence-electron chi connectivity index (χ2n) is 5.39. The molecule has 19 heavy (non-hydrogen) atoms. The van der Waals surface area contributed by atoms with Gasteiger partial charge in [-0.2, -0.15) is 0 Å². The van der Waals surface area contributed by atoms with Gasteiger partial charge < -0.3 is 15.3 Å². The van der Waals surface area contributed by atoms with Crippen LogP contribution in [-0.2, 0) is 11.2 Å². The molecule has 4 heteroatoms. The Labute approximate surface area is 114 Å². The van der Waals surface area contributed by atoms with Gasteiger partial charge in [0.1, 0.15) is 0 Å². The first-order valence-electron chi connectivity index (χ1n) is 6.69. The SMILES string of the molecule is Cc1ccc(CC(=O)N(C)[C@H]2CNC[C@@H]2O)cc1C. The van der Waals surface area contributed by atoms with Crippen molar-refractivity contribution in [3.05, 3.63) is 34.9 Å². The van der Waals surface area contributed by atoms with E-state index in [1.807, 2.05) is 12.1 Å². The minimum atomic E-state index is -0.464. The van der Waals surface area contributed by atoms with Crippen molar-refractivity contribution in [2.75, 3.05) is 20.1 Å². The lowest BCUT2D eigenvalue weighted by atomic mass is 10.0. The predicted molar refractivity (Wildman–Crippen MR) is 75.1 cm³/mol. The van der Waals surface area contributed by atoms with E-state index in [1.54, 1.807) is 11.9 Å². The molecule has 0 aromatic heterocycles. The van der Waals surface area contributed by atoms with Gasteiger partial charge >= 0.3 is 0 Å². The van der Waals surface area contributed by atoms with Crippen LogP contribution in [0.4, 0.5) is 0 Å². The summed E-state index contributed by atoms with van der Waals surface area (Å²) in [5, 5.41) is 12.9. The number of hydrogen-bond donors (Lipinski definition) is 2. The van der Waals surface area contributed by atoms with E-state index in [-0.39, 0.29) is 11.9 Å². The molecule has 1 fully saturated rings. The van der Waals surface area contributed by atoms with Crippen molar-refractivity contribution in [1.82, 2.24) is 10.2 Å². The number of carbonyl (C=O) groups is 1. The summed E-state index contributed by atoms with van der Waals surface area (Å²) >= 11 is 0. The molecule has 2 atom stereocenters. The molecule has 0 saturated carbocycles. The first-order chi connectivity index (χ1) is 8.99. The molecule has 0 radical (unpaired) electrons. The van der Waals surface area contributed by atoms with Crippen LogP contribution in [0.2, 0.25) is 0 Å². The summed E-state index contributed by atoms with van der Waals surface area (Å²) in [6, 6.07) is 5.99. The normalized spacial score (nSPS) is 22.5. The quantitative estimate of drug-likeness (QED) is 0.840. The van der Waals surface area contributed by atoms with E-state index >= 15 is 0 Å². The molecule has 0 bridgehead atoms. The predicted octanol–water partition coefficient (Wildman–Crippen LogP) is 0.637. The van der Waals surface area contributed by atoms with Crippen LogP contribution < -0.4 is 5.32 Å². The largest absolute Gasteiger partial charge is 0.390 e. The van der Waals surface area contributed by atoms with Crippen molar-refractivity contribution in [3.8, 4) is 0 Å². The van der Waals surface area contributed by atoms with Crippen LogP contribution in [0, 0.1) is 13.8 Å². The Morgan fingerprint density at radius 1 is 1.37 bits per heavy atom. The number of nitrogens with zero attached hydrogens (tertiary/aromatic N) is 1. The van der Waals surface area contributed by atoms with Gasteiger partial charge in [0.05, 0.1) is 18.6 Å². The van der Waals surface area contributed by atoms with Gasteiger partial charge in [-0.3, -0.25) is 4.79 Å². The van der Waals surface area contributed by atoms with Crippen molar-refractivity contribution < 1.29 is 9.90 Å². The Morgan fingerprint density at radius 2 is 2.11 bits per heavy atom. The molecule has 2 N–H and O–H groups in total. The van der Waals surface area contributed by atoms with Gasteiger partial charge in [0.2, 0.25) is 5.91 Å². The number of aliphatic hydroxyl groups excluding tert-OH is 1. The summed E-state index contributed by atoms with van der Waals surface area (Å²) < 4.78 is 0. The maximum absolute atomic E-state index is 12.2. The summed E-state index contributed by atoms with van der Waals surface area (Å²) in [5.74, 6) is 0.0519. The molecule has 1 saturated heterocycles. The molecule has 104 valence electrons. The van der Waals surface area contributed by atoms with E-state index in [9.17, 15) is 9.90 Å². The van der Waals surface area contributed by atoms with Crippen molar-refractivity contribution in [1.29, 1.82) is 0 Å². The number of carbonyl (C=O) groups excluding carboxylic acids is 1. The van der Waals surface area contributed by atoms with E-state index in [0.29, 0.717) is 19.5 Å². The average Bonchev–Trinajstić information content (AvgIpc) is 2.79. The highest BCUT2D eigenvalue weighted by atomic mass is 16.3. The molecule has 2 rings (SSSR count). The first-order valence-corrected chi connectivity index (χ1v) is 6.69. The van der Waals surface area contributed by atoms with Crippen LogP contribution in [0.5, 0.6) is 0 Å². The highest BCUT2D eigenvalue weighted by Crippen LogP contribution is 2.13. The first kappa shape index (κ1) is 14.0. The van der Waals surface area contributed by atoms with Gasteiger partial charge in [-0.1, -0.05) is 18.2 Å². The minimum absolute atomic E-state index is 0.0519. The van der Waals surface area contributed by atoms with Crippen LogP contribution in [0.1, 0.15) is 16.7 Å². The van der Waals surface area contributed by atoms with Crippen LogP contribution in [-0.4, -0.2) is 48.2 Å². The highest BCUT2D eigenvalue weighted by molar-refractivity contribution is 5.79. The molecular formula is C15H22N2O2. The second kappa shape index (κ2) is 5.72. The highest BCUT2D eigenvalue weighted by Gasteiger charge is 2.30. The number of aryl methyl sites for hydroxylation is 2. The summed E-state index contributed by atoms with van der Waals surface area (Å²) in [6.45, 7) is 5.34. The third-order valence-corrected chi connectivity index (χ3v) is 3.97. The number of amides is 1. The molecule has 1 heterocycles. The molecule has 1 aliphatic heterocycles. The monoisotopic (exact) mass is 262 g/mol. The van der Waals surface area contributed by atoms with E-state index < -0.39 is 6.10 Å². The second-order valence-corrected chi connectivity index (χ2v) is 5.39. The Bertz CT molecular complexity index is 473. The molecular weight excluding hydrogens is 240 g/mol. The zero-order valence-corrected chi connectivity index (χ0v) is 11.8. The zero-order chi connectivity index (χ0) is 14.0. The van der Waals surface area contributed by atoms with Gasteiger partial charge in [0.25, 0.3) is 0 Å². The van der Waals surface area contributed by atoms with Gasteiger partial charge in [-0.25, -0.2) is 0 Å². The minimum Gasteiger partial charge on any atom is -0.390 e. The van der Waals surface area contributed by atoms with Crippen LogP contribution in [0.3, 0.4) is 0 Å². The summed E-state index contributed by atoms with van der Waals surface area (Å²) in [4.78, 5) is 13.9. The Balaban J connectivity index is 2.02. The van der Waals surface area contributed by atoms with E-state index in [2.05, 4.69) is 25.2 Å². The summed E-state index contributed by atoms with van der Waals surface area (Å²) in [7, 11) is 1.77. The molecule has 1 aromatic carbocycles. The lowest BCUT2D eigenvalue weighted by Gasteiger charge is -2.26. The summed E-state index contributed by atoms with van der Waals surface area (Å²) in [6.07, 6.45) is -0.0744. The molecule has 4 nitrogen and oxygen atoms in total. The average molecular weight is 262 g/mol. The number of nitrogens with one attached hydrogen (secondary N) is 1. The van der Waals surface area contributed by atoms with Crippen molar-refractivity contribution in [2.24, 2.45) is 0 Å². The van der Waals surface area contributed by atoms with Gasteiger partial charge in [-0.15, -0.1) is 0 Å². The molecule has 0 unspecified atom stereocenters. The van der Waals surface area contributed by atoms with Gasteiger partial charge in [0, 0.05) is 20.1 Å². The zero-order valence-electron chi connectivity index (χ0n) is 11.8. The topological polar surface area (TPSA) is 52.6 Å². The number of benzene rings is 1. The Morgan fingerprint density at radius 3 is 2.68 bits per heavy atom. The third kappa shape index (κ3) is 3.14. The Kier molecular flexibility index (Phi) is 4.22. The number of rotatable bonds is 3. The van der Waals surface area contributed by atoms with Crippen LogP contribution in [0.25, 0.3) is 0 Å². The molecule has 1 amide bonds. The van der Waals surface area contributed by atoms with Gasteiger partial charge in [0.15, 0.2) is 0 Å². The fourth-order valence-electron chi connectivity index (χ4n) is 2.44. The van der Waals surface area contributed by atoms with Crippen LogP contribution in [0.15, 0.2) is 18.2 Å². The number of aliphatic hydroxyl groups is 1. The maximum atomic E-state index is 12.2. The molecule has 1 aromatic rings. The standard InChI is InChI=1S/C15H22N2O2/c1-10-4-5-12(6-11(10)2)7-15(19)17(3)13-8-16-9-14(13)18/h4-6,13-14,16,18H,7-9H2,1-3H3/t13-,14-/m0/s1. The van der Waals surface area contributed by atoms with Crippen molar-refractivity contribution >= 4 is 5.91 Å². The fourth-order valence-corrected chi connectivity index (χ4v) is 2.44. The Hall–Kier alpha value is -1.39. The summed E-state index contributed by atoms with van der Waals surface area (Å²) in [5.41, 5.74) is 3.47. The van der Waals surface area contributed by atoms with E-state index in [4.69, 9.17) is 0 Å². The van der Waals surface area contributed by atoms with Crippen molar-refractivity contribution in [3.63, 3.8) is 0 Å². The number of likely N-dealkylation sites (N-methyl/N-ethyl adjacent to an activating group) is 1. The van der Waals surface area contributed by atoms with E-state index in [1.165, 1.54) is 11.1 Å². The van der Waals surface area contributed by atoms with Gasteiger partial charge in [-0.05, 0) is 30.5 Å². The fraction of sp³-hybridized carbons (Fsp3) is 0.533. The van der Waals surface area contributed by atoms with Crippen molar-refractivity contribution in [2.45, 2.75) is 32.4 Å². The number of hydrogen-bond acceptors (Lipinski definition) is 3.